The molecule has 0 aliphatic carbocycles. The SMILES string of the molecule is CCn1c2ccccc2c2cc(NC(=O)C(c3ccccc3)c3ccccc3)ccc21. The van der Waals surface area contributed by atoms with Crippen molar-refractivity contribution in [3.63, 3.8) is 0 Å². The molecular formula is C28H24N2O. The highest BCUT2D eigenvalue weighted by molar-refractivity contribution is 6.10. The van der Waals surface area contributed by atoms with E-state index in [2.05, 4.69) is 53.2 Å². The van der Waals surface area contributed by atoms with E-state index in [1.807, 2.05) is 66.7 Å². The van der Waals surface area contributed by atoms with Gasteiger partial charge >= 0.3 is 0 Å². The Bertz CT molecular complexity index is 1310. The van der Waals surface area contributed by atoms with Gasteiger partial charge in [0.2, 0.25) is 5.91 Å². The van der Waals surface area contributed by atoms with E-state index in [4.69, 9.17) is 0 Å². The lowest BCUT2D eigenvalue weighted by Gasteiger charge is -2.18. The Morgan fingerprint density at radius 1 is 0.742 bits per heavy atom. The van der Waals surface area contributed by atoms with Gasteiger partial charge in [-0.15, -0.1) is 0 Å². The van der Waals surface area contributed by atoms with Gasteiger partial charge in [0.25, 0.3) is 0 Å². The molecule has 0 saturated carbocycles. The van der Waals surface area contributed by atoms with Gasteiger partial charge in [-0.1, -0.05) is 78.9 Å². The Balaban J connectivity index is 1.55. The van der Waals surface area contributed by atoms with Crippen molar-refractivity contribution in [2.24, 2.45) is 0 Å². The molecule has 0 atom stereocenters. The molecule has 1 aromatic heterocycles. The molecule has 0 aliphatic heterocycles. The summed E-state index contributed by atoms with van der Waals surface area (Å²) in [6, 6.07) is 34.5. The first-order chi connectivity index (χ1) is 15.3. The molecule has 0 saturated heterocycles. The Labute approximate surface area is 181 Å². The third-order valence-corrected chi connectivity index (χ3v) is 5.88. The summed E-state index contributed by atoms with van der Waals surface area (Å²) in [5, 5.41) is 5.54. The molecule has 0 bridgehead atoms. The van der Waals surface area contributed by atoms with E-state index in [9.17, 15) is 4.79 Å². The molecule has 3 nitrogen and oxygen atoms in total. The van der Waals surface area contributed by atoms with Crippen LogP contribution in [0.2, 0.25) is 0 Å². The number of anilines is 1. The summed E-state index contributed by atoms with van der Waals surface area (Å²) in [6.07, 6.45) is 0. The Morgan fingerprint density at radius 2 is 1.32 bits per heavy atom. The first-order valence-corrected chi connectivity index (χ1v) is 10.7. The maximum Gasteiger partial charge on any atom is 0.236 e. The summed E-state index contributed by atoms with van der Waals surface area (Å²) in [4.78, 5) is 13.5. The summed E-state index contributed by atoms with van der Waals surface area (Å²) in [7, 11) is 0. The van der Waals surface area contributed by atoms with Crippen LogP contribution < -0.4 is 5.32 Å². The summed E-state index contributed by atoms with van der Waals surface area (Å²) in [6.45, 7) is 3.06. The molecule has 0 spiro atoms. The van der Waals surface area contributed by atoms with Crippen LogP contribution >= 0.6 is 0 Å². The van der Waals surface area contributed by atoms with Gasteiger partial charge in [0, 0.05) is 34.0 Å². The maximum atomic E-state index is 13.5. The Kier molecular flexibility index (Phi) is 5.01. The molecule has 1 N–H and O–H groups in total. The molecular weight excluding hydrogens is 380 g/mol. The average molecular weight is 405 g/mol. The van der Waals surface area contributed by atoms with Crippen molar-refractivity contribution in [3.8, 4) is 0 Å². The second-order valence-corrected chi connectivity index (χ2v) is 7.74. The van der Waals surface area contributed by atoms with Gasteiger partial charge in [-0.05, 0) is 42.3 Å². The second-order valence-electron chi connectivity index (χ2n) is 7.74. The largest absolute Gasteiger partial charge is 0.341 e. The minimum atomic E-state index is -0.366. The third-order valence-electron chi connectivity index (χ3n) is 5.88. The minimum absolute atomic E-state index is 0.0315. The highest BCUT2D eigenvalue weighted by Gasteiger charge is 2.23. The van der Waals surface area contributed by atoms with Gasteiger partial charge in [0.15, 0.2) is 0 Å². The van der Waals surface area contributed by atoms with E-state index in [0.717, 1.165) is 28.7 Å². The van der Waals surface area contributed by atoms with E-state index < -0.39 is 0 Å². The van der Waals surface area contributed by atoms with Crippen LogP contribution in [0.1, 0.15) is 24.0 Å². The molecule has 31 heavy (non-hydrogen) atoms. The molecule has 5 aromatic rings. The second kappa shape index (κ2) is 8.11. The molecule has 0 unspecified atom stereocenters. The lowest BCUT2D eigenvalue weighted by atomic mass is 9.90. The first-order valence-electron chi connectivity index (χ1n) is 10.7. The van der Waals surface area contributed by atoms with Crippen LogP contribution in [-0.2, 0) is 11.3 Å². The Hall–Kier alpha value is -3.85. The predicted molar refractivity (Wildman–Crippen MR) is 128 cm³/mol. The van der Waals surface area contributed by atoms with Crippen LogP contribution in [0.3, 0.4) is 0 Å². The number of carbonyl (C=O) groups excluding carboxylic acids is 1. The summed E-state index contributed by atoms with van der Waals surface area (Å²) in [5.74, 6) is -0.397. The molecule has 0 radical (unpaired) electrons. The smallest absolute Gasteiger partial charge is 0.236 e. The topological polar surface area (TPSA) is 34.0 Å². The van der Waals surface area contributed by atoms with Crippen LogP contribution in [0.25, 0.3) is 21.8 Å². The van der Waals surface area contributed by atoms with Crippen molar-refractivity contribution in [3.05, 3.63) is 114 Å². The highest BCUT2D eigenvalue weighted by Crippen LogP contribution is 2.32. The van der Waals surface area contributed by atoms with E-state index in [1.165, 1.54) is 16.4 Å². The maximum absolute atomic E-state index is 13.5. The number of aryl methyl sites for hydroxylation is 1. The van der Waals surface area contributed by atoms with Gasteiger partial charge in [-0.25, -0.2) is 0 Å². The van der Waals surface area contributed by atoms with Crippen molar-refractivity contribution in [2.75, 3.05) is 5.32 Å². The van der Waals surface area contributed by atoms with Crippen molar-refractivity contribution in [1.29, 1.82) is 0 Å². The molecule has 5 rings (SSSR count). The van der Waals surface area contributed by atoms with Crippen molar-refractivity contribution in [1.82, 2.24) is 4.57 Å². The number of carbonyl (C=O) groups is 1. The fourth-order valence-corrected chi connectivity index (χ4v) is 4.47. The molecule has 1 amide bonds. The predicted octanol–water partition coefficient (Wildman–Crippen LogP) is 6.59. The van der Waals surface area contributed by atoms with Crippen LogP contribution in [0.15, 0.2) is 103 Å². The van der Waals surface area contributed by atoms with Crippen molar-refractivity contribution >= 4 is 33.4 Å². The van der Waals surface area contributed by atoms with Crippen LogP contribution in [0, 0.1) is 0 Å². The number of nitrogens with one attached hydrogen (secondary N) is 1. The number of para-hydroxylation sites is 1. The number of nitrogens with zero attached hydrogens (tertiary/aromatic N) is 1. The zero-order valence-electron chi connectivity index (χ0n) is 17.5. The number of hydrogen-bond acceptors (Lipinski definition) is 1. The van der Waals surface area contributed by atoms with Gasteiger partial charge in [-0.2, -0.15) is 0 Å². The monoisotopic (exact) mass is 404 g/mol. The van der Waals surface area contributed by atoms with Gasteiger partial charge < -0.3 is 9.88 Å². The summed E-state index contributed by atoms with van der Waals surface area (Å²) < 4.78 is 2.31. The quantitative estimate of drug-likeness (QED) is 0.352. The summed E-state index contributed by atoms with van der Waals surface area (Å²) >= 11 is 0. The number of amides is 1. The molecule has 4 aromatic carbocycles. The Morgan fingerprint density at radius 3 is 1.97 bits per heavy atom. The lowest BCUT2D eigenvalue weighted by Crippen LogP contribution is -2.22. The minimum Gasteiger partial charge on any atom is -0.341 e. The normalized spacial score (nSPS) is 11.3. The van der Waals surface area contributed by atoms with Crippen molar-refractivity contribution in [2.45, 2.75) is 19.4 Å². The number of fused-ring (bicyclic) bond motifs is 3. The van der Waals surface area contributed by atoms with Crippen LogP contribution in [0.5, 0.6) is 0 Å². The van der Waals surface area contributed by atoms with E-state index in [0.29, 0.717) is 0 Å². The number of rotatable bonds is 5. The average Bonchev–Trinajstić information content (AvgIpc) is 3.14. The van der Waals surface area contributed by atoms with Crippen molar-refractivity contribution < 1.29 is 4.79 Å². The molecule has 3 heteroatoms. The lowest BCUT2D eigenvalue weighted by molar-refractivity contribution is -0.116. The number of hydrogen-bond donors (Lipinski definition) is 1. The van der Waals surface area contributed by atoms with Crippen LogP contribution in [-0.4, -0.2) is 10.5 Å². The van der Waals surface area contributed by atoms with Gasteiger partial charge in [0.1, 0.15) is 0 Å². The van der Waals surface area contributed by atoms with Crippen LogP contribution in [0.4, 0.5) is 5.69 Å². The zero-order chi connectivity index (χ0) is 21.2. The number of benzene rings is 4. The van der Waals surface area contributed by atoms with E-state index in [1.54, 1.807) is 0 Å². The standard InChI is InChI=1S/C28H24N2O/c1-2-30-25-16-10-9-15-23(25)24-19-22(17-18-26(24)30)29-28(31)27(20-11-5-3-6-12-20)21-13-7-4-8-14-21/h3-19,27H,2H2,1H3,(H,29,31). The van der Waals surface area contributed by atoms with Gasteiger partial charge in [-0.3, -0.25) is 4.79 Å². The molecule has 152 valence electrons. The molecule has 0 fully saturated rings. The highest BCUT2D eigenvalue weighted by atomic mass is 16.1. The zero-order valence-corrected chi connectivity index (χ0v) is 17.5. The van der Waals surface area contributed by atoms with E-state index in [-0.39, 0.29) is 11.8 Å². The molecule has 0 aliphatic rings. The fraction of sp³-hybridized carbons (Fsp3) is 0.107. The van der Waals surface area contributed by atoms with E-state index >= 15 is 0 Å². The van der Waals surface area contributed by atoms with Gasteiger partial charge in [0.05, 0.1) is 5.92 Å². The molecule has 1 heterocycles. The first kappa shape index (κ1) is 19.1. The number of aromatic nitrogens is 1. The summed E-state index contributed by atoms with van der Waals surface area (Å²) in [5.41, 5.74) is 5.18. The third kappa shape index (κ3) is 3.49. The fourth-order valence-electron chi connectivity index (χ4n) is 4.47.